The fourth-order valence-corrected chi connectivity index (χ4v) is 3.39. The van der Waals surface area contributed by atoms with Gasteiger partial charge in [-0.3, -0.25) is 4.79 Å². The molecule has 4 rings (SSSR count). The number of nitrogens with one attached hydrogen (secondary N) is 1. The highest BCUT2D eigenvalue weighted by Crippen LogP contribution is 2.16. The molecule has 1 unspecified atom stereocenters. The normalized spacial score (nSPS) is 19.9. The maximum atomic E-state index is 12.2. The highest BCUT2D eigenvalue weighted by Gasteiger charge is 2.21. The quantitative estimate of drug-likeness (QED) is 0.846. The van der Waals surface area contributed by atoms with Crippen molar-refractivity contribution in [1.82, 2.24) is 20.3 Å². The molecular weight excluding hydrogens is 344 g/mol. The van der Waals surface area contributed by atoms with Gasteiger partial charge in [-0.15, -0.1) is 0 Å². The van der Waals surface area contributed by atoms with Crippen LogP contribution in [0.4, 0.5) is 11.8 Å². The molecule has 0 aromatic carbocycles. The van der Waals surface area contributed by atoms with Crippen molar-refractivity contribution in [2.24, 2.45) is 0 Å². The third-order valence-electron chi connectivity index (χ3n) is 4.95. The molecule has 2 fully saturated rings. The van der Waals surface area contributed by atoms with Crippen LogP contribution in [0.15, 0.2) is 36.8 Å². The number of hydrogen-bond donors (Lipinski definition) is 1. The molecule has 1 N–H and O–H groups in total. The molecule has 0 bridgehead atoms. The van der Waals surface area contributed by atoms with E-state index in [2.05, 4.69) is 30.1 Å². The Hall–Kier alpha value is -2.74. The van der Waals surface area contributed by atoms with Crippen molar-refractivity contribution in [3.8, 4) is 0 Å². The van der Waals surface area contributed by atoms with Crippen LogP contribution in [-0.2, 0) is 4.74 Å². The predicted molar refractivity (Wildman–Crippen MR) is 102 cm³/mol. The van der Waals surface area contributed by atoms with E-state index in [9.17, 15) is 4.79 Å². The van der Waals surface area contributed by atoms with Crippen molar-refractivity contribution < 1.29 is 9.53 Å². The zero-order chi connectivity index (χ0) is 18.5. The molecule has 0 radical (unpaired) electrons. The maximum absolute atomic E-state index is 12.2. The van der Waals surface area contributed by atoms with Crippen molar-refractivity contribution >= 4 is 17.7 Å². The summed E-state index contributed by atoms with van der Waals surface area (Å²) in [6.07, 6.45) is 7.19. The number of amides is 1. The Labute approximate surface area is 158 Å². The van der Waals surface area contributed by atoms with Gasteiger partial charge in [-0.05, 0) is 25.0 Å². The molecule has 2 aromatic heterocycles. The van der Waals surface area contributed by atoms with E-state index in [0.717, 1.165) is 51.4 Å². The fourth-order valence-electron chi connectivity index (χ4n) is 3.39. The smallest absolute Gasteiger partial charge is 0.254 e. The highest BCUT2D eigenvalue weighted by molar-refractivity contribution is 5.93. The number of anilines is 2. The molecule has 0 aliphatic carbocycles. The number of rotatable bonds is 5. The number of hydrogen-bond acceptors (Lipinski definition) is 7. The van der Waals surface area contributed by atoms with Gasteiger partial charge in [-0.2, -0.15) is 0 Å². The van der Waals surface area contributed by atoms with Crippen LogP contribution in [0.1, 0.15) is 23.2 Å². The number of pyridine rings is 1. The van der Waals surface area contributed by atoms with Crippen molar-refractivity contribution in [2.45, 2.75) is 18.9 Å². The molecule has 8 nitrogen and oxygen atoms in total. The lowest BCUT2D eigenvalue weighted by Crippen LogP contribution is -2.47. The Bertz CT molecular complexity index is 741. The zero-order valence-corrected chi connectivity index (χ0v) is 15.3. The van der Waals surface area contributed by atoms with E-state index in [-0.39, 0.29) is 12.0 Å². The van der Waals surface area contributed by atoms with E-state index >= 15 is 0 Å². The summed E-state index contributed by atoms with van der Waals surface area (Å²) >= 11 is 0. The summed E-state index contributed by atoms with van der Waals surface area (Å²) in [7, 11) is 0. The standard InChI is InChI=1S/C19H24N6O2/c26-18(21-14-16-4-3-11-27-16)15-12-22-19(23-13-15)25-9-7-24(8-10-25)17-5-1-2-6-20-17/h1-2,5-6,12-13,16H,3-4,7-11,14H2,(H,21,26). The minimum absolute atomic E-state index is 0.129. The third-order valence-corrected chi connectivity index (χ3v) is 4.95. The number of carbonyl (C=O) groups excluding carboxylic acids is 1. The Balaban J connectivity index is 1.29. The van der Waals surface area contributed by atoms with Gasteiger partial charge in [0.05, 0.1) is 11.7 Å². The van der Waals surface area contributed by atoms with Gasteiger partial charge in [0.25, 0.3) is 5.91 Å². The van der Waals surface area contributed by atoms with Crippen LogP contribution in [0.25, 0.3) is 0 Å². The molecule has 2 aromatic rings. The average molecular weight is 368 g/mol. The molecule has 1 atom stereocenters. The van der Waals surface area contributed by atoms with E-state index in [1.807, 2.05) is 24.4 Å². The summed E-state index contributed by atoms with van der Waals surface area (Å²) in [5.41, 5.74) is 0.476. The van der Waals surface area contributed by atoms with Gasteiger partial charge in [0, 0.05) is 57.9 Å². The maximum Gasteiger partial charge on any atom is 0.254 e. The molecule has 2 saturated heterocycles. The first-order valence-electron chi connectivity index (χ1n) is 9.42. The van der Waals surface area contributed by atoms with Crippen molar-refractivity contribution in [1.29, 1.82) is 0 Å². The SMILES string of the molecule is O=C(NCC1CCCO1)c1cnc(N2CCN(c3ccccn3)CC2)nc1. The summed E-state index contributed by atoms with van der Waals surface area (Å²) in [6, 6.07) is 5.95. The number of nitrogens with zero attached hydrogens (tertiary/aromatic N) is 5. The molecular formula is C19H24N6O2. The van der Waals surface area contributed by atoms with Gasteiger partial charge < -0.3 is 19.9 Å². The van der Waals surface area contributed by atoms with Crippen molar-refractivity contribution in [3.05, 3.63) is 42.4 Å². The number of carbonyl (C=O) groups is 1. The van der Waals surface area contributed by atoms with E-state index in [1.165, 1.54) is 0 Å². The second-order valence-electron chi connectivity index (χ2n) is 6.78. The van der Waals surface area contributed by atoms with Crippen LogP contribution in [0, 0.1) is 0 Å². The van der Waals surface area contributed by atoms with Gasteiger partial charge >= 0.3 is 0 Å². The largest absolute Gasteiger partial charge is 0.376 e. The third kappa shape index (κ3) is 4.33. The van der Waals surface area contributed by atoms with Gasteiger partial charge in [0.15, 0.2) is 0 Å². The monoisotopic (exact) mass is 368 g/mol. The average Bonchev–Trinajstić information content (AvgIpc) is 3.27. The number of ether oxygens (including phenoxy) is 1. The fraction of sp³-hybridized carbons (Fsp3) is 0.474. The predicted octanol–water partition coefficient (Wildman–Crippen LogP) is 1.11. The van der Waals surface area contributed by atoms with E-state index in [0.29, 0.717) is 18.1 Å². The molecule has 0 spiro atoms. The van der Waals surface area contributed by atoms with Crippen molar-refractivity contribution in [3.63, 3.8) is 0 Å². The summed E-state index contributed by atoms with van der Waals surface area (Å²) in [5, 5.41) is 2.89. The van der Waals surface area contributed by atoms with Crippen LogP contribution in [0.3, 0.4) is 0 Å². The van der Waals surface area contributed by atoms with E-state index in [1.54, 1.807) is 12.4 Å². The summed E-state index contributed by atoms with van der Waals surface area (Å²) in [6.45, 7) is 4.69. The molecule has 142 valence electrons. The first kappa shape index (κ1) is 17.7. The lowest BCUT2D eigenvalue weighted by Gasteiger charge is -2.35. The molecule has 4 heterocycles. The van der Waals surface area contributed by atoms with Gasteiger partial charge in [0.2, 0.25) is 5.95 Å². The lowest BCUT2D eigenvalue weighted by molar-refractivity contribution is 0.0857. The number of aromatic nitrogens is 3. The Morgan fingerprint density at radius 3 is 2.56 bits per heavy atom. The number of piperazine rings is 1. The molecule has 2 aliphatic heterocycles. The van der Waals surface area contributed by atoms with Gasteiger partial charge in [-0.25, -0.2) is 15.0 Å². The lowest BCUT2D eigenvalue weighted by atomic mass is 10.2. The molecule has 27 heavy (non-hydrogen) atoms. The minimum atomic E-state index is -0.156. The van der Waals surface area contributed by atoms with Crippen molar-refractivity contribution in [2.75, 3.05) is 49.1 Å². The molecule has 1 amide bonds. The molecule has 0 saturated carbocycles. The van der Waals surface area contributed by atoms with Crippen LogP contribution in [0.2, 0.25) is 0 Å². The van der Waals surface area contributed by atoms with Crippen LogP contribution in [-0.4, -0.2) is 66.3 Å². The first-order chi connectivity index (χ1) is 13.3. The van der Waals surface area contributed by atoms with E-state index < -0.39 is 0 Å². The summed E-state index contributed by atoms with van der Waals surface area (Å²) in [5.74, 6) is 1.50. The van der Waals surface area contributed by atoms with Gasteiger partial charge in [0.1, 0.15) is 5.82 Å². The topological polar surface area (TPSA) is 83.5 Å². The van der Waals surface area contributed by atoms with Crippen LogP contribution < -0.4 is 15.1 Å². The Morgan fingerprint density at radius 1 is 1.11 bits per heavy atom. The van der Waals surface area contributed by atoms with Crippen LogP contribution in [0.5, 0.6) is 0 Å². The Morgan fingerprint density at radius 2 is 1.89 bits per heavy atom. The minimum Gasteiger partial charge on any atom is -0.376 e. The Kier molecular flexibility index (Phi) is 5.43. The van der Waals surface area contributed by atoms with E-state index in [4.69, 9.17) is 4.74 Å². The highest BCUT2D eigenvalue weighted by atomic mass is 16.5. The molecule has 8 heteroatoms. The second-order valence-corrected chi connectivity index (χ2v) is 6.78. The van der Waals surface area contributed by atoms with Crippen LogP contribution >= 0.6 is 0 Å². The second kappa shape index (κ2) is 8.30. The van der Waals surface area contributed by atoms with Gasteiger partial charge in [-0.1, -0.05) is 6.07 Å². The summed E-state index contributed by atoms with van der Waals surface area (Å²) < 4.78 is 5.52. The summed E-state index contributed by atoms with van der Waals surface area (Å²) in [4.78, 5) is 29.8. The zero-order valence-electron chi connectivity index (χ0n) is 15.3. The first-order valence-corrected chi connectivity index (χ1v) is 9.42. The molecule has 2 aliphatic rings.